The number of fused-ring (bicyclic) bond motifs is 1. The van der Waals surface area contributed by atoms with E-state index < -0.39 is 11.2 Å². The van der Waals surface area contributed by atoms with Crippen molar-refractivity contribution in [2.24, 2.45) is 11.8 Å². The number of imidazole rings is 1. The summed E-state index contributed by atoms with van der Waals surface area (Å²) in [6.45, 7) is 4.45. The van der Waals surface area contributed by atoms with Gasteiger partial charge in [-0.2, -0.15) is 5.10 Å². The van der Waals surface area contributed by atoms with Crippen LogP contribution in [0.25, 0.3) is 16.9 Å². The van der Waals surface area contributed by atoms with Gasteiger partial charge < -0.3 is 4.98 Å². The first-order valence-electron chi connectivity index (χ1n) is 7.71. The molecule has 2 N–H and O–H groups in total. The van der Waals surface area contributed by atoms with Crippen LogP contribution in [0.4, 0.5) is 0 Å². The van der Waals surface area contributed by atoms with Crippen molar-refractivity contribution in [3.63, 3.8) is 0 Å². The van der Waals surface area contributed by atoms with Crippen LogP contribution in [0.1, 0.15) is 31.7 Å². The van der Waals surface area contributed by atoms with Gasteiger partial charge in [-0.25, -0.2) is 14.3 Å². The summed E-state index contributed by atoms with van der Waals surface area (Å²) in [4.78, 5) is 32.4. The average molecular weight is 311 g/mol. The molecule has 1 aliphatic carbocycles. The maximum absolute atomic E-state index is 12.0. The molecule has 118 valence electrons. The normalized spacial score (nSPS) is 20.3. The molecule has 3 aromatic heterocycles. The molecular weight excluding hydrogens is 294 g/mol. The summed E-state index contributed by atoms with van der Waals surface area (Å²) in [5.74, 6) is 1.70. The molecule has 1 saturated carbocycles. The minimum Gasteiger partial charge on any atom is -0.313 e. The summed E-state index contributed by atoms with van der Waals surface area (Å²) in [7, 11) is 0. The first-order valence-corrected chi connectivity index (χ1v) is 7.71. The summed E-state index contributed by atoms with van der Waals surface area (Å²) in [6, 6.07) is 1.93. The smallest absolute Gasteiger partial charge is 0.313 e. The molecule has 0 bridgehead atoms. The Bertz CT molecular complexity index is 997. The van der Waals surface area contributed by atoms with Gasteiger partial charge in [-0.05, 0) is 30.2 Å². The van der Waals surface area contributed by atoms with Gasteiger partial charge in [-0.3, -0.25) is 9.78 Å². The van der Waals surface area contributed by atoms with Crippen LogP contribution in [-0.2, 0) is 0 Å². The molecule has 7 heteroatoms. The van der Waals surface area contributed by atoms with E-state index in [1.54, 1.807) is 16.9 Å². The van der Waals surface area contributed by atoms with Crippen LogP contribution in [0, 0.1) is 11.8 Å². The summed E-state index contributed by atoms with van der Waals surface area (Å²) >= 11 is 0. The molecule has 3 heterocycles. The van der Waals surface area contributed by atoms with E-state index >= 15 is 0 Å². The highest BCUT2D eigenvalue weighted by atomic mass is 16.2. The van der Waals surface area contributed by atoms with Crippen molar-refractivity contribution < 1.29 is 0 Å². The van der Waals surface area contributed by atoms with E-state index in [9.17, 15) is 9.59 Å². The molecule has 7 nitrogen and oxygen atoms in total. The highest BCUT2D eigenvalue weighted by molar-refractivity contribution is 5.62. The van der Waals surface area contributed by atoms with Crippen molar-refractivity contribution in [3.8, 4) is 11.3 Å². The zero-order valence-corrected chi connectivity index (χ0v) is 12.9. The second-order valence-corrected chi connectivity index (χ2v) is 6.42. The Morgan fingerprint density at radius 3 is 2.87 bits per heavy atom. The molecule has 0 saturated heterocycles. The van der Waals surface area contributed by atoms with Crippen molar-refractivity contribution in [1.29, 1.82) is 0 Å². The van der Waals surface area contributed by atoms with E-state index in [1.807, 2.05) is 6.07 Å². The van der Waals surface area contributed by atoms with Crippen molar-refractivity contribution in [2.45, 2.75) is 26.2 Å². The van der Waals surface area contributed by atoms with Gasteiger partial charge in [0.15, 0.2) is 5.65 Å². The SMILES string of the molecule is CC(C)[C@H]1C[C@@H]1c1cc(-c2c[nH]c(=O)[nH]c2=O)nn2ccnc12. The number of hydrogen-bond acceptors (Lipinski definition) is 4. The Labute approximate surface area is 131 Å². The molecule has 0 spiro atoms. The van der Waals surface area contributed by atoms with Crippen molar-refractivity contribution in [1.82, 2.24) is 24.6 Å². The fourth-order valence-electron chi connectivity index (χ4n) is 3.25. The van der Waals surface area contributed by atoms with Crippen molar-refractivity contribution in [3.05, 3.63) is 51.1 Å². The van der Waals surface area contributed by atoms with Gasteiger partial charge >= 0.3 is 5.69 Å². The highest BCUT2D eigenvalue weighted by Gasteiger charge is 2.42. The molecule has 0 unspecified atom stereocenters. The standard InChI is InChI=1S/C16H17N5O2/c1-8(2)9-5-10(9)11-6-13(20-21-4-3-17-14(11)21)12-7-18-16(23)19-15(12)22/h3-4,6-10H,5H2,1-2H3,(H2,18,19,22,23)/t9-,10+/m1/s1. The molecular formula is C16H17N5O2. The number of H-pyrrole nitrogens is 2. The zero-order valence-electron chi connectivity index (χ0n) is 12.9. The Balaban J connectivity index is 1.89. The minimum atomic E-state index is -0.523. The predicted octanol–water partition coefficient (Wildman–Crippen LogP) is 1.53. The fourth-order valence-corrected chi connectivity index (χ4v) is 3.25. The van der Waals surface area contributed by atoms with Gasteiger partial charge in [0.25, 0.3) is 5.56 Å². The van der Waals surface area contributed by atoms with Crippen LogP contribution in [0.15, 0.2) is 34.2 Å². The summed E-state index contributed by atoms with van der Waals surface area (Å²) in [5.41, 5.74) is 1.88. The number of aromatic nitrogens is 5. The van der Waals surface area contributed by atoms with Gasteiger partial charge in [0.2, 0.25) is 0 Å². The average Bonchev–Trinajstić information content (AvgIpc) is 3.16. The largest absolute Gasteiger partial charge is 0.325 e. The summed E-state index contributed by atoms with van der Waals surface area (Å²) in [6.07, 6.45) is 6.02. The third-order valence-corrected chi connectivity index (χ3v) is 4.58. The third kappa shape index (κ3) is 2.28. The molecule has 2 atom stereocenters. The van der Waals surface area contributed by atoms with Gasteiger partial charge in [0, 0.05) is 24.2 Å². The Morgan fingerprint density at radius 2 is 2.17 bits per heavy atom. The van der Waals surface area contributed by atoms with E-state index in [1.165, 1.54) is 6.20 Å². The molecule has 23 heavy (non-hydrogen) atoms. The van der Waals surface area contributed by atoms with Crippen LogP contribution in [-0.4, -0.2) is 24.6 Å². The quantitative estimate of drug-likeness (QED) is 0.766. The number of hydrogen-bond donors (Lipinski definition) is 2. The number of rotatable bonds is 3. The molecule has 0 radical (unpaired) electrons. The maximum Gasteiger partial charge on any atom is 0.325 e. The molecule has 0 aliphatic heterocycles. The fraction of sp³-hybridized carbons (Fsp3) is 0.375. The topological polar surface area (TPSA) is 95.9 Å². The van der Waals surface area contributed by atoms with Crippen LogP contribution in [0.5, 0.6) is 0 Å². The Hall–Kier alpha value is -2.70. The van der Waals surface area contributed by atoms with E-state index in [0.29, 0.717) is 29.0 Å². The lowest BCUT2D eigenvalue weighted by Crippen LogP contribution is -2.23. The van der Waals surface area contributed by atoms with Crippen LogP contribution < -0.4 is 11.2 Å². The predicted molar refractivity (Wildman–Crippen MR) is 85.4 cm³/mol. The highest BCUT2D eigenvalue weighted by Crippen LogP contribution is 2.52. The molecule has 1 aliphatic rings. The van der Waals surface area contributed by atoms with Crippen LogP contribution in [0.3, 0.4) is 0 Å². The monoisotopic (exact) mass is 311 g/mol. The van der Waals surface area contributed by atoms with Gasteiger partial charge in [-0.1, -0.05) is 13.8 Å². The second-order valence-electron chi connectivity index (χ2n) is 6.42. The first kappa shape index (κ1) is 13.9. The lowest BCUT2D eigenvalue weighted by molar-refractivity contribution is 0.549. The molecule has 4 rings (SSSR count). The Kier molecular flexibility index (Phi) is 2.97. The van der Waals surface area contributed by atoms with E-state index in [0.717, 1.165) is 17.6 Å². The summed E-state index contributed by atoms with van der Waals surface area (Å²) < 4.78 is 1.70. The van der Waals surface area contributed by atoms with Crippen molar-refractivity contribution in [2.75, 3.05) is 0 Å². The van der Waals surface area contributed by atoms with Crippen molar-refractivity contribution >= 4 is 5.65 Å². The first-order chi connectivity index (χ1) is 11.0. The van der Waals surface area contributed by atoms with Gasteiger partial charge in [-0.15, -0.1) is 0 Å². The van der Waals surface area contributed by atoms with Gasteiger partial charge in [0.1, 0.15) is 0 Å². The molecule has 1 fully saturated rings. The van der Waals surface area contributed by atoms with E-state index in [2.05, 4.69) is 33.9 Å². The minimum absolute atomic E-state index is 0.350. The lowest BCUT2D eigenvalue weighted by atomic mass is 10.0. The number of aromatic amines is 2. The van der Waals surface area contributed by atoms with E-state index in [4.69, 9.17) is 0 Å². The lowest BCUT2D eigenvalue weighted by Gasteiger charge is -2.08. The number of nitrogens with one attached hydrogen (secondary N) is 2. The Morgan fingerprint density at radius 1 is 1.35 bits per heavy atom. The molecule has 3 aromatic rings. The second kappa shape index (κ2) is 4.91. The number of nitrogens with zero attached hydrogens (tertiary/aromatic N) is 3. The third-order valence-electron chi connectivity index (χ3n) is 4.58. The van der Waals surface area contributed by atoms with Crippen LogP contribution in [0.2, 0.25) is 0 Å². The van der Waals surface area contributed by atoms with Gasteiger partial charge in [0.05, 0.1) is 11.3 Å². The van der Waals surface area contributed by atoms with Crippen LogP contribution >= 0.6 is 0 Å². The summed E-state index contributed by atoms with van der Waals surface area (Å²) in [5, 5.41) is 4.45. The zero-order chi connectivity index (χ0) is 16.1. The van der Waals surface area contributed by atoms with E-state index in [-0.39, 0.29) is 0 Å². The molecule has 0 aromatic carbocycles. The maximum atomic E-state index is 12.0. The molecule has 0 amide bonds.